The molecule has 0 aliphatic carbocycles. The number of rotatable bonds is 6. The molecule has 3 aromatic rings. The van der Waals surface area contributed by atoms with Crippen LogP contribution in [0, 0.1) is 0 Å². The molecule has 0 bridgehead atoms. The maximum atomic E-state index is 12.7. The number of carbonyl (C=O) groups excluding carboxylic acids is 1. The molecule has 134 valence electrons. The van der Waals surface area contributed by atoms with Crippen molar-refractivity contribution in [2.75, 3.05) is 21.3 Å². The van der Waals surface area contributed by atoms with Crippen molar-refractivity contribution >= 4 is 17.2 Å². The highest BCUT2D eigenvalue weighted by molar-refractivity contribution is 7.13. The Kier molecular flexibility index (Phi) is 5.53. The Balaban J connectivity index is 1.72. The predicted molar refractivity (Wildman–Crippen MR) is 103 cm³/mol. The first kappa shape index (κ1) is 17.9. The van der Waals surface area contributed by atoms with Gasteiger partial charge in [-0.05, 0) is 42.0 Å². The van der Waals surface area contributed by atoms with Crippen molar-refractivity contribution in [3.63, 3.8) is 0 Å². The van der Waals surface area contributed by atoms with E-state index in [1.165, 1.54) is 11.3 Å². The minimum atomic E-state index is -0.108. The average Bonchev–Trinajstić information content (AvgIpc) is 3.17. The lowest BCUT2D eigenvalue weighted by Crippen LogP contribution is -2.26. The van der Waals surface area contributed by atoms with Gasteiger partial charge in [-0.2, -0.15) is 0 Å². The Morgan fingerprint density at radius 3 is 2.50 bits per heavy atom. The first-order valence-corrected chi connectivity index (χ1v) is 8.97. The average molecular weight is 368 g/mol. The van der Waals surface area contributed by atoms with E-state index in [1.807, 2.05) is 48.5 Å². The molecule has 26 heavy (non-hydrogen) atoms. The summed E-state index contributed by atoms with van der Waals surface area (Å²) >= 11 is 1.45. The Morgan fingerprint density at radius 2 is 1.81 bits per heavy atom. The number of amides is 1. The SMILES string of the molecule is COc1ccc(-c2nc(C(=O)N(C)Cc3cccc(OC)c3)cs2)cc1. The first-order chi connectivity index (χ1) is 12.6. The molecule has 0 atom stereocenters. The number of thiazole rings is 1. The van der Waals surface area contributed by atoms with Crippen molar-refractivity contribution < 1.29 is 14.3 Å². The molecule has 0 aliphatic heterocycles. The number of aromatic nitrogens is 1. The molecule has 0 saturated carbocycles. The lowest BCUT2D eigenvalue weighted by atomic mass is 10.2. The summed E-state index contributed by atoms with van der Waals surface area (Å²) in [5, 5.41) is 2.61. The van der Waals surface area contributed by atoms with Gasteiger partial charge in [-0.1, -0.05) is 12.1 Å². The molecule has 1 heterocycles. The zero-order valence-corrected chi connectivity index (χ0v) is 15.7. The summed E-state index contributed by atoms with van der Waals surface area (Å²) < 4.78 is 10.4. The molecule has 0 fully saturated rings. The lowest BCUT2D eigenvalue weighted by Gasteiger charge is -2.16. The van der Waals surface area contributed by atoms with Crippen LogP contribution in [0.25, 0.3) is 10.6 Å². The predicted octanol–water partition coefficient (Wildman–Crippen LogP) is 4.10. The number of methoxy groups -OCH3 is 2. The number of hydrogen-bond donors (Lipinski definition) is 0. The number of carbonyl (C=O) groups is 1. The van der Waals surface area contributed by atoms with E-state index in [0.29, 0.717) is 12.2 Å². The van der Waals surface area contributed by atoms with Gasteiger partial charge in [-0.15, -0.1) is 11.3 Å². The third kappa shape index (κ3) is 4.03. The minimum absolute atomic E-state index is 0.108. The van der Waals surface area contributed by atoms with E-state index in [1.54, 1.807) is 31.5 Å². The van der Waals surface area contributed by atoms with Gasteiger partial charge in [0.15, 0.2) is 0 Å². The minimum Gasteiger partial charge on any atom is -0.497 e. The summed E-state index contributed by atoms with van der Waals surface area (Å²) in [5.74, 6) is 1.46. The van der Waals surface area contributed by atoms with Crippen molar-refractivity contribution in [3.8, 4) is 22.1 Å². The summed E-state index contributed by atoms with van der Waals surface area (Å²) in [7, 11) is 5.03. The quantitative estimate of drug-likeness (QED) is 0.657. The van der Waals surface area contributed by atoms with Gasteiger partial charge in [-0.3, -0.25) is 4.79 Å². The molecule has 1 aromatic heterocycles. The molecule has 5 nitrogen and oxygen atoms in total. The van der Waals surface area contributed by atoms with Gasteiger partial charge < -0.3 is 14.4 Å². The molecule has 0 saturated heterocycles. The second-order valence-corrected chi connectivity index (χ2v) is 6.64. The van der Waals surface area contributed by atoms with Crippen LogP contribution in [0.4, 0.5) is 0 Å². The van der Waals surface area contributed by atoms with Crippen LogP contribution in [0.1, 0.15) is 16.1 Å². The number of benzene rings is 2. The van der Waals surface area contributed by atoms with Gasteiger partial charge in [0, 0.05) is 24.5 Å². The monoisotopic (exact) mass is 368 g/mol. The fraction of sp³-hybridized carbons (Fsp3) is 0.200. The normalized spacial score (nSPS) is 10.4. The van der Waals surface area contributed by atoms with Gasteiger partial charge in [0.25, 0.3) is 5.91 Å². The van der Waals surface area contributed by atoms with E-state index in [0.717, 1.165) is 27.6 Å². The molecule has 1 amide bonds. The van der Waals surface area contributed by atoms with Gasteiger partial charge in [0.05, 0.1) is 14.2 Å². The summed E-state index contributed by atoms with van der Waals surface area (Å²) in [4.78, 5) is 18.8. The van der Waals surface area contributed by atoms with Crippen LogP contribution in [0.3, 0.4) is 0 Å². The fourth-order valence-electron chi connectivity index (χ4n) is 2.55. The molecular formula is C20H20N2O3S. The van der Waals surface area contributed by atoms with E-state index in [-0.39, 0.29) is 5.91 Å². The lowest BCUT2D eigenvalue weighted by molar-refractivity contribution is 0.0780. The van der Waals surface area contributed by atoms with Crippen molar-refractivity contribution in [2.24, 2.45) is 0 Å². The maximum Gasteiger partial charge on any atom is 0.273 e. The van der Waals surface area contributed by atoms with Gasteiger partial charge in [-0.25, -0.2) is 4.98 Å². The summed E-state index contributed by atoms with van der Waals surface area (Å²) in [6, 6.07) is 15.3. The largest absolute Gasteiger partial charge is 0.497 e. The van der Waals surface area contributed by atoms with Gasteiger partial charge in [0.1, 0.15) is 22.2 Å². The second-order valence-electron chi connectivity index (χ2n) is 5.78. The van der Waals surface area contributed by atoms with Crippen molar-refractivity contribution in [1.82, 2.24) is 9.88 Å². The molecule has 2 aromatic carbocycles. The van der Waals surface area contributed by atoms with E-state index in [4.69, 9.17) is 9.47 Å². The zero-order valence-electron chi connectivity index (χ0n) is 14.9. The van der Waals surface area contributed by atoms with Crippen molar-refractivity contribution in [1.29, 1.82) is 0 Å². The fourth-order valence-corrected chi connectivity index (χ4v) is 3.35. The Bertz CT molecular complexity index is 890. The zero-order chi connectivity index (χ0) is 18.5. The van der Waals surface area contributed by atoms with Crippen LogP contribution in [-0.4, -0.2) is 37.1 Å². The molecule has 3 rings (SSSR count). The van der Waals surface area contributed by atoms with Crippen LogP contribution in [0.5, 0.6) is 11.5 Å². The first-order valence-electron chi connectivity index (χ1n) is 8.09. The molecule has 0 N–H and O–H groups in total. The highest BCUT2D eigenvalue weighted by Gasteiger charge is 2.16. The third-order valence-electron chi connectivity index (χ3n) is 3.96. The summed E-state index contributed by atoms with van der Waals surface area (Å²) in [6.07, 6.45) is 0. The smallest absolute Gasteiger partial charge is 0.273 e. The number of hydrogen-bond acceptors (Lipinski definition) is 5. The van der Waals surface area contributed by atoms with E-state index < -0.39 is 0 Å². The Morgan fingerprint density at radius 1 is 1.08 bits per heavy atom. The van der Waals surface area contributed by atoms with Crippen LogP contribution in [0.15, 0.2) is 53.9 Å². The second kappa shape index (κ2) is 8.01. The number of nitrogens with zero attached hydrogens (tertiary/aromatic N) is 2. The summed E-state index contributed by atoms with van der Waals surface area (Å²) in [6.45, 7) is 0.491. The molecule has 6 heteroatoms. The molecule has 0 radical (unpaired) electrons. The van der Waals surface area contributed by atoms with Gasteiger partial charge >= 0.3 is 0 Å². The topological polar surface area (TPSA) is 51.7 Å². The maximum absolute atomic E-state index is 12.7. The summed E-state index contributed by atoms with van der Waals surface area (Å²) in [5.41, 5.74) is 2.42. The van der Waals surface area contributed by atoms with Crippen LogP contribution in [0.2, 0.25) is 0 Å². The molecule has 0 spiro atoms. The van der Waals surface area contributed by atoms with E-state index in [9.17, 15) is 4.79 Å². The van der Waals surface area contributed by atoms with Crippen molar-refractivity contribution in [2.45, 2.75) is 6.54 Å². The standard InChI is InChI=1S/C20H20N2O3S/c1-22(12-14-5-4-6-17(11-14)25-3)20(23)18-13-26-19(21-18)15-7-9-16(24-2)10-8-15/h4-11,13H,12H2,1-3H3. The van der Waals surface area contributed by atoms with Crippen LogP contribution >= 0.6 is 11.3 Å². The van der Waals surface area contributed by atoms with Crippen molar-refractivity contribution in [3.05, 3.63) is 65.2 Å². The Hall–Kier alpha value is -2.86. The van der Waals surface area contributed by atoms with Crippen LogP contribution in [-0.2, 0) is 6.54 Å². The highest BCUT2D eigenvalue weighted by atomic mass is 32.1. The van der Waals surface area contributed by atoms with Crippen LogP contribution < -0.4 is 9.47 Å². The van der Waals surface area contributed by atoms with E-state index >= 15 is 0 Å². The molecule has 0 aliphatic rings. The van der Waals surface area contributed by atoms with E-state index in [2.05, 4.69) is 4.98 Å². The molecule has 0 unspecified atom stereocenters. The number of ether oxygens (including phenoxy) is 2. The third-order valence-corrected chi connectivity index (χ3v) is 4.85. The Labute approximate surface area is 156 Å². The highest BCUT2D eigenvalue weighted by Crippen LogP contribution is 2.26. The molecular weight excluding hydrogens is 348 g/mol. The van der Waals surface area contributed by atoms with Gasteiger partial charge in [0.2, 0.25) is 0 Å².